The van der Waals surface area contributed by atoms with E-state index in [9.17, 15) is 0 Å². The van der Waals surface area contributed by atoms with Gasteiger partial charge in [0.05, 0.1) is 4.37 Å². The second kappa shape index (κ2) is 7.17. The highest BCUT2D eigenvalue weighted by Gasteiger charge is 2.33. The van der Waals surface area contributed by atoms with Gasteiger partial charge in [0, 0.05) is 23.5 Å². The molecule has 13 heavy (non-hydrogen) atoms. The van der Waals surface area contributed by atoms with E-state index >= 15 is 0 Å². The lowest BCUT2D eigenvalue weighted by Crippen LogP contribution is -2.42. The molecule has 0 amide bonds. The van der Waals surface area contributed by atoms with Gasteiger partial charge in [0.15, 0.2) is 6.29 Å². The van der Waals surface area contributed by atoms with Crippen molar-refractivity contribution in [2.24, 2.45) is 0 Å². The fourth-order valence-corrected chi connectivity index (χ4v) is 2.31. The summed E-state index contributed by atoms with van der Waals surface area (Å²) in [5.74, 6) is 0. The Labute approximate surface area is 93.4 Å². The van der Waals surface area contributed by atoms with Crippen LogP contribution in [0.25, 0.3) is 0 Å². The molecule has 0 heterocycles. The SMILES string of the molecule is CCOC(OCC)C([SiH3])(CC)SS. The van der Waals surface area contributed by atoms with Gasteiger partial charge in [-0.1, -0.05) is 17.7 Å². The summed E-state index contributed by atoms with van der Waals surface area (Å²) in [6.45, 7) is 7.53. The molecule has 0 aliphatic carbocycles. The van der Waals surface area contributed by atoms with Crippen LogP contribution in [-0.4, -0.2) is 34.1 Å². The van der Waals surface area contributed by atoms with E-state index in [1.54, 1.807) is 10.8 Å². The minimum atomic E-state index is -0.0957. The second-order valence-electron chi connectivity index (χ2n) is 3.00. The Morgan fingerprint density at radius 1 is 1.31 bits per heavy atom. The fraction of sp³-hybridized carbons (Fsp3) is 1.00. The van der Waals surface area contributed by atoms with Crippen LogP contribution in [0.1, 0.15) is 27.2 Å². The molecule has 1 atom stereocenters. The lowest BCUT2D eigenvalue weighted by Gasteiger charge is -2.33. The van der Waals surface area contributed by atoms with Gasteiger partial charge >= 0.3 is 0 Å². The Kier molecular flexibility index (Phi) is 7.63. The Bertz CT molecular complexity index is 125. The molecule has 0 spiro atoms. The summed E-state index contributed by atoms with van der Waals surface area (Å²) in [6, 6.07) is 0. The van der Waals surface area contributed by atoms with E-state index in [1.165, 1.54) is 0 Å². The van der Waals surface area contributed by atoms with Gasteiger partial charge in [0.25, 0.3) is 0 Å². The Morgan fingerprint density at radius 3 is 2.00 bits per heavy atom. The predicted molar refractivity (Wildman–Crippen MR) is 66.6 cm³/mol. The van der Waals surface area contributed by atoms with Gasteiger partial charge in [-0.3, -0.25) is 0 Å². The van der Waals surface area contributed by atoms with Crippen molar-refractivity contribution in [3.63, 3.8) is 0 Å². The molecule has 0 rings (SSSR count). The maximum absolute atomic E-state index is 5.57. The summed E-state index contributed by atoms with van der Waals surface area (Å²) in [6.07, 6.45) is 0.944. The molecule has 5 heteroatoms. The highest BCUT2D eigenvalue weighted by Crippen LogP contribution is 2.34. The zero-order valence-electron chi connectivity index (χ0n) is 8.87. The van der Waals surface area contributed by atoms with Crippen molar-refractivity contribution in [3.8, 4) is 0 Å². The second-order valence-corrected chi connectivity index (χ2v) is 7.17. The van der Waals surface area contributed by atoms with Gasteiger partial charge in [-0.05, 0) is 20.3 Å². The summed E-state index contributed by atoms with van der Waals surface area (Å²) < 4.78 is 11.2. The van der Waals surface area contributed by atoms with Crippen LogP contribution in [0.15, 0.2) is 0 Å². The minimum absolute atomic E-state index is 0.0785. The molecule has 80 valence electrons. The van der Waals surface area contributed by atoms with Gasteiger partial charge < -0.3 is 9.47 Å². The van der Waals surface area contributed by atoms with Crippen LogP contribution in [0.5, 0.6) is 0 Å². The fourth-order valence-electron chi connectivity index (χ4n) is 0.978. The number of ether oxygens (including phenoxy) is 2. The van der Waals surface area contributed by atoms with E-state index in [1.807, 2.05) is 13.8 Å². The Morgan fingerprint density at radius 2 is 1.77 bits per heavy atom. The Balaban J connectivity index is 4.28. The summed E-state index contributed by atoms with van der Waals surface area (Å²) in [7, 11) is 2.58. The van der Waals surface area contributed by atoms with Crippen LogP contribution in [-0.2, 0) is 9.47 Å². The quantitative estimate of drug-likeness (QED) is 0.314. The summed E-state index contributed by atoms with van der Waals surface area (Å²) in [5.41, 5.74) is 0. The zero-order chi connectivity index (χ0) is 10.3. The number of rotatable bonds is 7. The van der Waals surface area contributed by atoms with E-state index in [2.05, 4.69) is 18.6 Å². The number of thiol groups is 1. The van der Waals surface area contributed by atoms with Crippen LogP contribution in [0.3, 0.4) is 0 Å². The third kappa shape index (κ3) is 4.25. The molecule has 0 bridgehead atoms. The van der Waals surface area contributed by atoms with E-state index in [0.29, 0.717) is 13.2 Å². The average molecular weight is 240 g/mol. The molecular weight excluding hydrogens is 220 g/mol. The first kappa shape index (κ1) is 13.8. The number of hydrogen-bond acceptors (Lipinski definition) is 4. The first-order valence-electron chi connectivity index (χ1n) is 4.70. The molecule has 0 fully saturated rings. The normalized spacial score (nSPS) is 16.4. The van der Waals surface area contributed by atoms with Crippen LogP contribution in [0.4, 0.5) is 0 Å². The van der Waals surface area contributed by atoms with Crippen LogP contribution >= 0.6 is 22.5 Å². The monoisotopic (exact) mass is 240 g/mol. The maximum atomic E-state index is 5.57. The average Bonchev–Trinajstić information content (AvgIpc) is 2.16. The molecule has 2 nitrogen and oxygen atoms in total. The molecule has 0 saturated carbocycles. The van der Waals surface area contributed by atoms with Gasteiger partial charge in [-0.2, -0.15) is 0 Å². The molecule has 0 aromatic rings. The molecule has 0 aliphatic heterocycles. The third-order valence-corrected chi connectivity index (χ3v) is 7.02. The van der Waals surface area contributed by atoms with E-state index < -0.39 is 0 Å². The standard InChI is InChI=1S/C8H20O2S2Si/c1-4-8(13,12-11)7(9-5-2)10-6-3/h7,11H,4-6H2,1-3,13H3. The lowest BCUT2D eigenvalue weighted by molar-refractivity contribution is -0.142. The minimum Gasteiger partial charge on any atom is -0.352 e. The first-order valence-corrected chi connectivity index (χ1v) is 7.57. The zero-order valence-corrected chi connectivity index (χ0v) is 12.6. The van der Waals surface area contributed by atoms with Gasteiger partial charge in [0.2, 0.25) is 0 Å². The highest BCUT2D eigenvalue weighted by molar-refractivity contribution is 8.69. The molecule has 0 N–H and O–H groups in total. The van der Waals surface area contributed by atoms with Crippen LogP contribution < -0.4 is 0 Å². The van der Waals surface area contributed by atoms with E-state index in [0.717, 1.165) is 16.7 Å². The van der Waals surface area contributed by atoms with Crippen molar-refractivity contribution in [1.29, 1.82) is 0 Å². The predicted octanol–water partition coefficient (Wildman–Crippen LogP) is 1.44. The van der Waals surface area contributed by atoms with Gasteiger partial charge in [-0.25, -0.2) is 0 Å². The van der Waals surface area contributed by atoms with Crippen LogP contribution in [0.2, 0.25) is 0 Å². The van der Waals surface area contributed by atoms with Gasteiger partial charge in [0.1, 0.15) is 0 Å². The molecule has 0 aromatic heterocycles. The molecule has 0 aliphatic rings. The van der Waals surface area contributed by atoms with Gasteiger partial charge in [-0.15, -0.1) is 11.7 Å². The molecule has 1 unspecified atom stereocenters. The highest BCUT2D eigenvalue weighted by atomic mass is 33.1. The molecule has 0 radical (unpaired) electrons. The van der Waals surface area contributed by atoms with Crippen molar-refractivity contribution >= 4 is 32.7 Å². The Hall–Kier alpha value is 0.837. The smallest absolute Gasteiger partial charge is 0.169 e. The van der Waals surface area contributed by atoms with E-state index in [-0.39, 0.29) is 10.7 Å². The van der Waals surface area contributed by atoms with Crippen LogP contribution in [0, 0.1) is 0 Å². The topological polar surface area (TPSA) is 18.5 Å². The summed E-state index contributed by atoms with van der Waals surface area (Å²) in [4.78, 5) is 0. The summed E-state index contributed by atoms with van der Waals surface area (Å²) >= 11 is 4.30. The van der Waals surface area contributed by atoms with Crippen molar-refractivity contribution in [3.05, 3.63) is 0 Å². The third-order valence-electron chi connectivity index (χ3n) is 2.05. The maximum Gasteiger partial charge on any atom is 0.169 e. The lowest BCUT2D eigenvalue weighted by atomic mass is 10.3. The largest absolute Gasteiger partial charge is 0.352 e. The molecular formula is C8H20O2S2Si. The molecule has 0 saturated heterocycles. The van der Waals surface area contributed by atoms with Crippen molar-refractivity contribution in [1.82, 2.24) is 0 Å². The van der Waals surface area contributed by atoms with Crippen molar-refractivity contribution in [2.75, 3.05) is 13.2 Å². The molecule has 0 aromatic carbocycles. The van der Waals surface area contributed by atoms with E-state index in [4.69, 9.17) is 9.47 Å². The summed E-state index contributed by atoms with van der Waals surface area (Å²) in [5, 5.41) is 0. The van der Waals surface area contributed by atoms with Crippen molar-refractivity contribution in [2.45, 2.75) is 37.9 Å². The first-order chi connectivity index (χ1) is 6.14. The van der Waals surface area contributed by atoms with Crippen molar-refractivity contribution < 1.29 is 9.47 Å². The number of hydrogen-bond donors (Lipinski definition) is 1.